The maximum Gasteiger partial charge on any atom is 0.411 e. The fraction of sp³-hybridized carbons (Fsp3) is 0.562. The maximum atomic E-state index is 14.9. The number of benzene rings is 2. The SMILES string of the molecule is CNCc1ccc(Cl)cc1C1CCC(Cc2cc(O[C@H]3C[C@@H](C(=O)OC)N(C(=O)OC(C)(C)C)C3)cc(F)c2F)CC1. The highest BCUT2D eigenvalue weighted by Gasteiger charge is 2.43. The highest BCUT2D eigenvalue weighted by Crippen LogP contribution is 2.40. The third-order valence-corrected chi connectivity index (χ3v) is 8.25. The minimum Gasteiger partial charge on any atom is -0.488 e. The average molecular weight is 607 g/mol. The lowest BCUT2D eigenvalue weighted by Crippen LogP contribution is -2.44. The van der Waals surface area contributed by atoms with Crippen LogP contribution in [0.2, 0.25) is 5.02 Å². The molecule has 2 fully saturated rings. The van der Waals surface area contributed by atoms with Gasteiger partial charge in [0, 0.05) is 24.1 Å². The van der Waals surface area contributed by atoms with Crippen LogP contribution in [0.3, 0.4) is 0 Å². The molecule has 1 saturated heterocycles. The second-order valence-electron chi connectivity index (χ2n) is 12.3. The number of methoxy groups -OCH3 is 1. The molecule has 10 heteroatoms. The van der Waals surface area contributed by atoms with Crippen molar-refractivity contribution in [3.63, 3.8) is 0 Å². The molecular formula is C32H41ClF2N2O5. The first-order chi connectivity index (χ1) is 19.9. The Morgan fingerprint density at radius 1 is 1.07 bits per heavy atom. The van der Waals surface area contributed by atoms with Crippen molar-refractivity contribution < 1.29 is 32.6 Å². The van der Waals surface area contributed by atoms with E-state index in [1.165, 1.54) is 29.2 Å². The van der Waals surface area contributed by atoms with E-state index in [0.717, 1.165) is 43.3 Å². The number of nitrogens with one attached hydrogen (secondary N) is 1. The highest BCUT2D eigenvalue weighted by molar-refractivity contribution is 6.30. The van der Waals surface area contributed by atoms with E-state index in [9.17, 15) is 18.4 Å². The molecule has 0 radical (unpaired) electrons. The van der Waals surface area contributed by atoms with Crippen LogP contribution in [0.15, 0.2) is 30.3 Å². The molecule has 0 bridgehead atoms. The van der Waals surface area contributed by atoms with Crippen molar-refractivity contribution in [2.45, 2.75) is 89.5 Å². The largest absolute Gasteiger partial charge is 0.488 e. The van der Waals surface area contributed by atoms with Gasteiger partial charge in [0.15, 0.2) is 11.6 Å². The van der Waals surface area contributed by atoms with E-state index in [-0.39, 0.29) is 30.2 Å². The minimum absolute atomic E-state index is 0.0477. The van der Waals surface area contributed by atoms with Gasteiger partial charge in [0.1, 0.15) is 23.5 Å². The standard InChI is InChI=1S/C32H41ClF2N2O5/c1-32(2,3)42-31(39)37-18-25(16-28(37)30(38)40-5)41-24-13-22(29(35)27(34)15-24)12-19-6-8-20(9-7-19)26-14-23(33)11-10-21(26)17-36-4/h10-11,13-15,19-20,25,28,36H,6-9,12,16-18H2,1-5H3/t19?,20?,25-,28-/m0/s1. The Balaban J connectivity index is 1.42. The summed E-state index contributed by atoms with van der Waals surface area (Å²) in [5.74, 6) is -1.71. The summed E-state index contributed by atoms with van der Waals surface area (Å²) in [6.45, 7) is 6.01. The summed E-state index contributed by atoms with van der Waals surface area (Å²) >= 11 is 6.30. The van der Waals surface area contributed by atoms with Crippen LogP contribution in [-0.2, 0) is 27.2 Å². The van der Waals surface area contributed by atoms with Crippen molar-refractivity contribution in [1.29, 1.82) is 0 Å². The Labute approximate surface area is 251 Å². The number of hydrogen-bond acceptors (Lipinski definition) is 6. The van der Waals surface area contributed by atoms with Gasteiger partial charge in [0.2, 0.25) is 0 Å². The molecule has 0 aromatic heterocycles. The van der Waals surface area contributed by atoms with E-state index in [1.807, 2.05) is 19.2 Å². The van der Waals surface area contributed by atoms with Crippen molar-refractivity contribution in [3.8, 4) is 5.75 Å². The Kier molecular flexibility index (Phi) is 10.4. The summed E-state index contributed by atoms with van der Waals surface area (Å²) in [6, 6.07) is 7.67. The molecule has 2 aromatic carbocycles. The lowest BCUT2D eigenvalue weighted by atomic mass is 9.75. The van der Waals surface area contributed by atoms with Crippen molar-refractivity contribution in [1.82, 2.24) is 10.2 Å². The number of ether oxygens (including phenoxy) is 3. The van der Waals surface area contributed by atoms with Gasteiger partial charge in [-0.2, -0.15) is 0 Å². The number of hydrogen-bond donors (Lipinski definition) is 1. The van der Waals surface area contributed by atoms with Gasteiger partial charge < -0.3 is 19.5 Å². The van der Waals surface area contributed by atoms with E-state index in [0.29, 0.717) is 12.3 Å². The molecule has 0 spiro atoms. The van der Waals surface area contributed by atoms with Crippen molar-refractivity contribution in [2.75, 3.05) is 20.7 Å². The summed E-state index contributed by atoms with van der Waals surface area (Å²) in [5, 5.41) is 3.93. The predicted octanol–water partition coefficient (Wildman–Crippen LogP) is 6.78. The van der Waals surface area contributed by atoms with Crippen molar-refractivity contribution in [3.05, 3.63) is 63.7 Å². The molecule has 2 aliphatic rings. The number of esters is 1. The van der Waals surface area contributed by atoms with Crippen molar-refractivity contribution in [2.24, 2.45) is 5.92 Å². The van der Waals surface area contributed by atoms with Crippen LogP contribution < -0.4 is 10.1 Å². The Hall–Kier alpha value is -2.91. The number of likely N-dealkylation sites (tertiary alicyclic amines) is 1. The van der Waals surface area contributed by atoms with Gasteiger partial charge in [0.25, 0.3) is 0 Å². The monoisotopic (exact) mass is 606 g/mol. The summed E-state index contributed by atoms with van der Waals surface area (Å²) in [5.41, 5.74) is 1.99. The van der Waals surface area contributed by atoms with Crippen molar-refractivity contribution >= 4 is 23.7 Å². The summed E-state index contributed by atoms with van der Waals surface area (Å²) < 4.78 is 46.0. The number of carbonyl (C=O) groups excluding carboxylic acids is 2. The predicted molar refractivity (Wildman–Crippen MR) is 157 cm³/mol. The molecule has 230 valence electrons. The number of nitrogens with zero attached hydrogens (tertiary/aromatic N) is 1. The summed E-state index contributed by atoms with van der Waals surface area (Å²) in [6.07, 6.45) is 2.90. The lowest BCUT2D eigenvalue weighted by molar-refractivity contribution is -0.145. The molecule has 1 heterocycles. The Morgan fingerprint density at radius 3 is 2.43 bits per heavy atom. The molecule has 1 saturated carbocycles. The quantitative estimate of drug-likeness (QED) is 0.334. The van der Waals surface area contributed by atoms with E-state index in [2.05, 4.69) is 11.4 Å². The van der Waals surface area contributed by atoms with Gasteiger partial charge in [0.05, 0.1) is 13.7 Å². The topological polar surface area (TPSA) is 77.1 Å². The fourth-order valence-electron chi connectivity index (χ4n) is 6.08. The van der Waals surface area contributed by atoms with Gasteiger partial charge in [-0.25, -0.2) is 18.4 Å². The summed E-state index contributed by atoms with van der Waals surface area (Å²) in [7, 11) is 3.16. The van der Waals surface area contributed by atoms with Gasteiger partial charge in [-0.15, -0.1) is 0 Å². The number of rotatable bonds is 8. The van der Waals surface area contributed by atoms with E-state index in [1.54, 1.807) is 20.8 Å². The number of carbonyl (C=O) groups is 2. The normalized spacial score (nSPS) is 22.6. The Bertz CT molecular complexity index is 1280. The summed E-state index contributed by atoms with van der Waals surface area (Å²) in [4.78, 5) is 26.4. The number of halogens is 3. The van der Waals surface area contributed by atoms with Crippen LogP contribution in [-0.4, -0.2) is 55.4 Å². The lowest BCUT2D eigenvalue weighted by Gasteiger charge is -2.30. The van der Waals surface area contributed by atoms with Crippen LogP contribution in [0.25, 0.3) is 0 Å². The van der Waals surface area contributed by atoms with Gasteiger partial charge in [-0.1, -0.05) is 17.7 Å². The third-order valence-electron chi connectivity index (χ3n) is 8.01. The maximum absolute atomic E-state index is 14.9. The van der Waals surface area contributed by atoms with Crippen LogP contribution in [0.4, 0.5) is 13.6 Å². The smallest absolute Gasteiger partial charge is 0.411 e. The third kappa shape index (κ3) is 7.92. The first-order valence-electron chi connectivity index (χ1n) is 14.5. The average Bonchev–Trinajstić information content (AvgIpc) is 3.35. The fourth-order valence-corrected chi connectivity index (χ4v) is 6.26. The molecule has 0 unspecified atom stereocenters. The Morgan fingerprint density at radius 2 is 1.79 bits per heavy atom. The van der Waals surface area contributed by atoms with Gasteiger partial charge in [-0.3, -0.25) is 4.90 Å². The molecular weight excluding hydrogens is 566 g/mol. The zero-order valence-electron chi connectivity index (χ0n) is 25.0. The second-order valence-corrected chi connectivity index (χ2v) is 12.8. The molecule has 7 nitrogen and oxygen atoms in total. The van der Waals surface area contributed by atoms with Gasteiger partial charge >= 0.3 is 12.1 Å². The highest BCUT2D eigenvalue weighted by atomic mass is 35.5. The minimum atomic E-state index is -0.988. The molecule has 4 rings (SSSR count). The van der Waals surface area contributed by atoms with E-state index >= 15 is 0 Å². The number of amides is 1. The van der Waals surface area contributed by atoms with Crippen LogP contribution in [0, 0.1) is 17.6 Å². The zero-order chi connectivity index (χ0) is 30.6. The van der Waals surface area contributed by atoms with Crippen LogP contribution in [0.1, 0.15) is 75.5 Å². The van der Waals surface area contributed by atoms with Crippen LogP contribution >= 0.6 is 11.6 Å². The zero-order valence-corrected chi connectivity index (χ0v) is 25.7. The second kappa shape index (κ2) is 13.6. The van der Waals surface area contributed by atoms with Gasteiger partial charge in [-0.05, 0) is 107 Å². The molecule has 1 aliphatic carbocycles. The first-order valence-corrected chi connectivity index (χ1v) is 14.9. The van der Waals surface area contributed by atoms with E-state index in [4.69, 9.17) is 25.8 Å². The van der Waals surface area contributed by atoms with Crippen LogP contribution in [0.5, 0.6) is 5.75 Å². The molecule has 2 atom stereocenters. The molecule has 1 aliphatic heterocycles. The molecule has 1 amide bonds. The first kappa shape index (κ1) is 32.0. The molecule has 1 N–H and O–H groups in total. The van der Waals surface area contributed by atoms with E-state index < -0.39 is 41.4 Å². The molecule has 2 aromatic rings. The molecule has 42 heavy (non-hydrogen) atoms.